The summed E-state index contributed by atoms with van der Waals surface area (Å²) in [5.74, 6) is 0.931. The van der Waals surface area contributed by atoms with Crippen molar-refractivity contribution in [2.24, 2.45) is 0 Å². The van der Waals surface area contributed by atoms with Gasteiger partial charge >= 0.3 is 0 Å². The first kappa shape index (κ1) is 12.2. The van der Waals surface area contributed by atoms with E-state index < -0.39 is 0 Å². The van der Waals surface area contributed by atoms with Crippen LogP contribution in [0.1, 0.15) is 18.4 Å². The molecular formula is C17H18O2. The Morgan fingerprint density at radius 1 is 1.11 bits per heavy atom. The van der Waals surface area contributed by atoms with E-state index in [2.05, 4.69) is 30.8 Å². The Labute approximate surface area is 113 Å². The zero-order chi connectivity index (χ0) is 13.1. The molecule has 0 aromatic heterocycles. The van der Waals surface area contributed by atoms with Crippen LogP contribution in [-0.2, 0) is 4.74 Å². The van der Waals surface area contributed by atoms with E-state index in [1.807, 2.05) is 18.2 Å². The van der Waals surface area contributed by atoms with E-state index in [1.165, 1.54) is 10.8 Å². The maximum absolute atomic E-state index is 6.13. The zero-order valence-electron chi connectivity index (χ0n) is 11.0. The monoisotopic (exact) mass is 254 g/mol. The van der Waals surface area contributed by atoms with Crippen LogP contribution in [0.2, 0.25) is 0 Å². The number of hydrogen-bond donors (Lipinski definition) is 0. The average molecular weight is 254 g/mol. The Hall–Kier alpha value is -1.80. The van der Waals surface area contributed by atoms with Crippen molar-refractivity contribution in [2.45, 2.75) is 18.9 Å². The lowest BCUT2D eigenvalue weighted by Gasteiger charge is -2.24. The number of hydrogen-bond acceptors (Lipinski definition) is 2. The molecule has 1 saturated heterocycles. The quantitative estimate of drug-likeness (QED) is 0.823. The Kier molecular flexibility index (Phi) is 3.51. The lowest BCUT2D eigenvalue weighted by Crippen LogP contribution is -2.26. The molecule has 98 valence electrons. The minimum atomic E-state index is 0.258. The Morgan fingerprint density at radius 2 is 1.89 bits per heavy atom. The van der Waals surface area contributed by atoms with Gasteiger partial charge < -0.3 is 9.47 Å². The molecule has 0 aliphatic carbocycles. The van der Waals surface area contributed by atoms with Crippen molar-refractivity contribution >= 4 is 16.8 Å². The molecule has 1 aliphatic rings. The third kappa shape index (κ3) is 2.49. The Balaban J connectivity index is 1.96. The fraction of sp³-hybridized carbons (Fsp3) is 0.294. The van der Waals surface area contributed by atoms with Gasteiger partial charge in [0.25, 0.3) is 0 Å². The lowest BCUT2D eigenvalue weighted by molar-refractivity contribution is 0.0255. The van der Waals surface area contributed by atoms with Crippen molar-refractivity contribution in [3.63, 3.8) is 0 Å². The van der Waals surface area contributed by atoms with Gasteiger partial charge in [0.15, 0.2) is 0 Å². The standard InChI is InChI=1S/C17H18O2/c1-2-15-16-6-4-3-5-13(16)7-8-17(15)19-14-9-11-18-12-10-14/h2-8,14H,1,9-12H2. The highest BCUT2D eigenvalue weighted by Gasteiger charge is 2.17. The predicted molar refractivity (Wildman–Crippen MR) is 78.5 cm³/mol. The SMILES string of the molecule is C=Cc1c(OC2CCOCC2)ccc2ccccc12. The summed E-state index contributed by atoms with van der Waals surface area (Å²) in [5, 5.41) is 2.42. The highest BCUT2D eigenvalue weighted by Crippen LogP contribution is 2.30. The number of fused-ring (bicyclic) bond motifs is 1. The van der Waals surface area contributed by atoms with Gasteiger partial charge in [-0.1, -0.05) is 43.0 Å². The summed E-state index contributed by atoms with van der Waals surface area (Å²) < 4.78 is 11.5. The minimum Gasteiger partial charge on any atom is -0.490 e. The van der Waals surface area contributed by atoms with E-state index in [9.17, 15) is 0 Å². The van der Waals surface area contributed by atoms with Crippen LogP contribution < -0.4 is 4.74 Å². The summed E-state index contributed by atoms with van der Waals surface area (Å²) in [4.78, 5) is 0. The van der Waals surface area contributed by atoms with Crippen LogP contribution in [0, 0.1) is 0 Å². The molecule has 1 aliphatic heterocycles. The Bertz CT molecular complexity index is 583. The van der Waals surface area contributed by atoms with Crippen molar-refractivity contribution in [1.29, 1.82) is 0 Å². The molecule has 0 radical (unpaired) electrons. The van der Waals surface area contributed by atoms with Crippen LogP contribution >= 0.6 is 0 Å². The first-order valence-electron chi connectivity index (χ1n) is 6.77. The van der Waals surface area contributed by atoms with E-state index in [4.69, 9.17) is 9.47 Å². The lowest BCUT2D eigenvalue weighted by atomic mass is 10.0. The number of benzene rings is 2. The second-order valence-corrected chi connectivity index (χ2v) is 4.83. The van der Waals surface area contributed by atoms with Gasteiger partial charge in [-0.25, -0.2) is 0 Å². The van der Waals surface area contributed by atoms with Gasteiger partial charge in [-0.15, -0.1) is 0 Å². The minimum absolute atomic E-state index is 0.258. The van der Waals surface area contributed by atoms with Crippen LogP contribution in [-0.4, -0.2) is 19.3 Å². The van der Waals surface area contributed by atoms with Gasteiger partial charge in [0.1, 0.15) is 11.9 Å². The summed E-state index contributed by atoms with van der Waals surface area (Å²) in [7, 11) is 0. The van der Waals surface area contributed by atoms with Crippen molar-refractivity contribution in [1.82, 2.24) is 0 Å². The summed E-state index contributed by atoms with van der Waals surface area (Å²) in [6, 6.07) is 12.5. The smallest absolute Gasteiger partial charge is 0.127 e. The van der Waals surface area contributed by atoms with Gasteiger partial charge in [0.05, 0.1) is 13.2 Å². The summed E-state index contributed by atoms with van der Waals surface area (Å²) in [6.45, 7) is 5.52. The molecular weight excluding hydrogens is 236 g/mol. The zero-order valence-corrected chi connectivity index (χ0v) is 11.0. The fourth-order valence-electron chi connectivity index (χ4n) is 2.56. The second kappa shape index (κ2) is 5.45. The molecule has 2 aromatic rings. The molecule has 1 fully saturated rings. The third-order valence-electron chi connectivity index (χ3n) is 3.60. The molecule has 1 heterocycles. The molecule has 0 bridgehead atoms. The van der Waals surface area contributed by atoms with Crippen LogP contribution in [0.15, 0.2) is 43.0 Å². The van der Waals surface area contributed by atoms with Crippen LogP contribution in [0.25, 0.3) is 16.8 Å². The molecule has 3 rings (SSSR count). The van der Waals surface area contributed by atoms with Gasteiger partial charge in [-0.2, -0.15) is 0 Å². The highest BCUT2D eigenvalue weighted by molar-refractivity contribution is 5.92. The maximum atomic E-state index is 6.13. The summed E-state index contributed by atoms with van der Waals surface area (Å²) in [6.07, 6.45) is 4.07. The van der Waals surface area contributed by atoms with Crippen LogP contribution in [0.5, 0.6) is 5.75 Å². The molecule has 0 saturated carbocycles. The first-order chi connectivity index (χ1) is 9.38. The van der Waals surface area contributed by atoms with Gasteiger partial charge in [-0.05, 0) is 16.8 Å². The van der Waals surface area contributed by atoms with E-state index in [1.54, 1.807) is 0 Å². The van der Waals surface area contributed by atoms with Gasteiger partial charge in [0, 0.05) is 18.4 Å². The molecule has 19 heavy (non-hydrogen) atoms. The Morgan fingerprint density at radius 3 is 2.68 bits per heavy atom. The summed E-state index contributed by atoms with van der Waals surface area (Å²) in [5.41, 5.74) is 1.09. The molecule has 2 nitrogen and oxygen atoms in total. The molecule has 0 unspecified atom stereocenters. The first-order valence-corrected chi connectivity index (χ1v) is 6.77. The van der Waals surface area contributed by atoms with Crippen LogP contribution in [0.3, 0.4) is 0 Å². The van der Waals surface area contributed by atoms with Crippen molar-refractivity contribution in [3.05, 3.63) is 48.5 Å². The number of ether oxygens (including phenoxy) is 2. The van der Waals surface area contributed by atoms with E-state index in [-0.39, 0.29) is 6.10 Å². The largest absolute Gasteiger partial charge is 0.490 e. The maximum Gasteiger partial charge on any atom is 0.127 e. The van der Waals surface area contributed by atoms with Crippen molar-refractivity contribution in [2.75, 3.05) is 13.2 Å². The second-order valence-electron chi connectivity index (χ2n) is 4.83. The fourth-order valence-corrected chi connectivity index (χ4v) is 2.56. The van der Waals surface area contributed by atoms with Crippen LogP contribution in [0.4, 0.5) is 0 Å². The van der Waals surface area contributed by atoms with Gasteiger partial charge in [-0.3, -0.25) is 0 Å². The topological polar surface area (TPSA) is 18.5 Å². The molecule has 0 spiro atoms. The molecule has 0 N–H and O–H groups in total. The average Bonchev–Trinajstić information content (AvgIpc) is 2.48. The summed E-state index contributed by atoms with van der Waals surface area (Å²) >= 11 is 0. The van der Waals surface area contributed by atoms with E-state index in [0.29, 0.717) is 0 Å². The molecule has 0 amide bonds. The van der Waals surface area contributed by atoms with Crippen molar-refractivity contribution < 1.29 is 9.47 Å². The highest BCUT2D eigenvalue weighted by atomic mass is 16.5. The van der Waals surface area contributed by atoms with Crippen molar-refractivity contribution in [3.8, 4) is 5.75 Å². The molecule has 2 aromatic carbocycles. The van der Waals surface area contributed by atoms with E-state index >= 15 is 0 Å². The molecule has 0 atom stereocenters. The predicted octanol–water partition coefficient (Wildman–Crippen LogP) is 4.04. The normalized spacial score (nSPS) is 16.4. The third-order valence-corrected chi connectivity index (χ3v) is 3.60. The molecule has 2 heteroatoms. The number of rotatable bonds is 3. The van der Waals surface area contributed by atoms with E-state index in [0.717, 1.165) is 37.4 Å². The van der Waals surface area contributed by atoms with Gasteiger partial charge in [0.2, 0.25) is 0 Å².